The van der Waals surface area contributed by atoms with E-state index >= 15 is 4.39 Å². The summed E-state index contributed by atoms with van der Waals surface area (Å²) in [6.07, 6.45) is 7.93. The van der Waals surface area contributed by atoms with Gasteiger partial charge in [0.05, 0.1) is 22.4 Å². The molecule has 7 rings (SSSR count). The Hall–Kier alpha value is -3.72. The van der Waals surface area contributed by atoms with Crippen molar-refractivity contribution < 1.29 is 9.18 Å². The van der Waals surface area contributed by atoms with Gasteiger partial charge in [0, 0.05) is 61.2 Å². The molecule has 206 valence electrons. The maximum absolute atomic E-state index is 16.7. The summed E-state index contributed by atoms with van der Waals surface area (Å²) in [6.45, 7) is 9.55. The minimum atomic E-state index is -0.470. The Balaban J connectivity index is 1.37. The molecule has 0 atom stereocenters. The number of carbonyl (C=O) groups excluding carboxylic acids is 1. The Kier molecular flexibility index (Phi) is 5.96. The normalized spacial score (nSPS) is 18.6. The fourth-order valence-corrected chi connectivity index (χ4v) is 7.10. The quantitative estimate of drug-likeness (QED) is 0.333. The molecule has 4 aromatic rings. The topological polar surface area (TPSA) is 81.3 Å². The number of hydrogen-bond donors (Lipinski definition) is 1. The maximum atomic E-state index is 16.7. The predicted octanol–water partition coefficient (Wildman–Crippen LogP) is 5.49. The average molecular weight is 560 g/mol. The van der Waals surface area contributed by atoms with Gasteiger partial charge in [-0.25, -0.2) is 14.4 Å². The molecule has 2 aromatic carbocycles. The number of aryl methyl sites for hydroxylation is 1. The molecule has 1 aliphatic carbocycles. The van der Waals surface area contributed by atoms with Crippen LogP contribution in [0.4, 0.5) is 16.2 Å². The smallest absolute Gasteiger partial charge is 0.246 e. The molecule has 40 heavy (non-hydrogen) atoms. The van der Waals surface area contributed by atoms with E-state index in [4.69, 9.17) is 21.6 Å². The van der Waals surface area contributed by atoms with E-state index in [-0.39, 0.29) is 16.4 Å². The molecule has 3 aliphatic rings. The molecule has 0 bridgehead atoms. The Morgan fingerprint density at radius 2 is 1.82 bits per heavy atom. The molecule has 3 fully saturated rings. The van der Waals surface area contributed by atoms with Gasteiger partial charge < -0.3 is 19.7 Å². The van der Waals surface area contributed by atoms with Crippen LogP contribution in [0.1, 0.15) is 31.2 Å². The van der Waals surface area contributed by atoms with Crippen LogP contribution in [0, 0.1) is 18.2 Å². The van der Waals surface area contributed by atoms with Gasteiger partial charge in [0.1, 0.15) is 11.3 Å². The summed E-state index contributed by atoms with van der Waals surface area (Å²) >= 11 is 6.87. The molecule has 8 nitrogen and oxygen atoms in total. The van der Waals surface area contributed by atoms with Crippen LogP contribution in [-0.4, -0.2) is 70.0 Å². The molecular weight excluding hydrogens is 529 g/mol. The van der Waals surface area contributed by atoms with E-state index in [1.165, 1.54) is 31.8 Å². The van der Waals surface area contributed by atoms with E-state index < -0.39 is 5.82 Å². The van der Waals surface area contributed by atoms with Gasteiger partial charge >= 0.3 is 0 Å². The number of imidazole rings is 1. The number of hydrogen-bond acceptors (Lipinski definition) is 6. The highest BCUT2D eigenvalue weighted by atomic mass is 35.5. The lowest BCUT2D eigenvalue weighted by Gasteiger charge is -2.48. The highest BCUT2D eigenvalue weighted by molar-refractivity contribution is 6.35. The lowest BCUT2D eigenvalue weighted by atomic mass is 9.78. The van der Waals surface area contributed by atoms with Crippen molar-refractivity contribution in [2.75, 3.05) is 49.1 Å². The van der Waals surface area contributed by atoms with Gasteiger partial charge in [-0.1, -0.05) is 37.1 Å². The monoisotopic (exact) mass is 559 g/mol. The first-order valence-electron chi connectivity index (χ1n) is 13.9. The van der Waals surface area contributed by atoms with Crippen molar-refractivity contribution in [2.24, 2.45) is 5.41 Å². The standard InChI is InChI=1S/C30H31ClFN7O/c1-3-22(40)37-10-12-38(13-11-37)28-19-14-20(31)24(23-18(2)6-7-21-27(23)34-17-33-21)25(32)26(19)35-29(36-28)39-15-30(16-39)8-4-5-9-30/h3,6-7,14,17H,1,4-5,8-13,15-16H2,2H3,(H,33,34). The number of benzene rings is 2. The zero-order valence-electron chi connectivity index (χ0n) is 22.5. The van der Waals surface area contributed by atoms with Gasteiger partial charge in [-0.05, 0) is 43.5 Å². The van der Waals surface area contributed by atoms with Crippen molar-refractivity contribution in [3.8, 4) is 11.1 Å². The summed E-state index contributed by atoms with van der Waals surface area (Å²) in [6, 6.07) is 5.67. The summed E-state index contributed by atoms with van der Waals surface area (Å²) in [4.78, 5) is 35.7. The van der Waals surface area contributed by atoms with Gasteiger partial charge in [0.15, 0.2) is 5.82 Å². The maximum Gasteiger partial charge on any atom is 0.246 e. The molecule has 1 amide bonds. The number of nitrogens with one attached hydrogen (secondary N) is 1. The van der Waals surface area contributed by atoms with Gasteiger partial charge in [0.25, 0.3) is 0 Å². The third-order valence-electron chi connectivity index (χ3n) is 8.97. The number of carbonyl (C=O) groups is 1. The van der Waals surface area contributed by atoms with Crippen LogP contribution in [0.5, 0.6) is 0 Å². The Bertz CT molecular complexity index is 1660. The van der Waals surface area contributed by atoms with Crippen molar-refractivity contribution in [1.82, 2.24) is 24.8 Å². The SMILES string of the molecule is C=CC(=O)N1CCN(c2nc(N3CC4(CCCC4)C3)nc3c(F)c(-c4c(C)ccc5[nH]cnc45)c(Cl)cc23)CC1. The molecular formula is C30H31ClFN7O. The molecule has 0 radical (unpaired) electrons. The van der Waals surface area contributed by atoms with Crippen LogP contribution in [0.25, 0.3) is 33.1 Å². The lowest BCUT2D eigenvalue weighted by Crippen LogP contribution is -2.55. The van der Waals surface area contributed by atoms with Crippen LogP contribution in [-0.2, 0) is 4.79 Å². The van der Waals surface area contributed by atoms with Crippen molar-refractivity contribution in [3.63, 3.8) is 0 Å². The third kappa shape index (κ3) is 3.93. The number of anilines is 2. The van der Waals surface area contributed by atoms with Crippen LogP contribution in [0.15, 0.2) is 37.2 Å². The van der Waals surface area contributed by atoms with Crippen LogP contribution in [0.2, 0.25) is 5.02 Å². The second-order valence-corrected chi connectivity index (χ2v) is 11.8. The summed E-state index contributed by atoms with van der Waals surface area (Å²) in [5, 5.41) is 0.858. The van der Waals surface area contributed by atoms with Crippen molar-refractivity contribution in [3.05, 3.63) is 53.6 Å². The highest BCUT2D eigenvalue weighted by Gasteiger charge is 2.46. The van der Waals surface area contributed by atoms with Gasteiger partial charge in [-0.3, -0.25) is 4.79 Å². The number of fused-ring (bicyclic) bond motifs is 2. The fourth-order valence-electron chi connectivity index (χ4n) is 6.82. The van der Waals surface area contributed by atoms with E-state index in [1.54, 1.807) is 17.3 Å². The van der Waals surface area contributed by atoms with E-state index in [0.29, 0.717) is 65.4 Å². The average Bonchev–Trinajstić information content (AvgIpc) is 3.63. The zero-order valence-corrected chi connectivity index (χ0v) is 23.3. The first-order chi connectivity index (χ1) is 19.4. The first kappa shape index (κ1) is 25.3. The van der Waals surface area contributed by atoms with Gasteiger partial charge in [-0.15, -0.1) is 0 Å². The molecule has 2 saturated heterocycles. The second-order valence-electron chi connectivity index (χ2n) is 11.4. The molecule has 1 spiro atoms. The van der Waals surface area contributed by atoms with Crippen molar-refractivity contribution in [2.45, 2.75) is 32.6 Å². The zero-order chi connectivity index (χ0) is 27.6. The fraction of sp³-hybridized carbons (Fsp3) is 0.400. The number of rotatable bonds is 4. The molecule has 4 heterocycles. The minimum absolute atomic E-state index is 0.0861. The van der Waals surface area contributed by atoms with Crippen LogP contribution >= 0.6 is 11.6 Å². The van der Waals surface area contributed by atoms with E-state index in [9.17, 15) is 4.79 Å². The Morgan fingerprint density at radius 1 is 1.07 bits per heavy atom. The highest BCUT2D eigenvalue weighted by Crippen LogP contribution is 2.47. The molecule has 1 saturated carbocycles. The number of amides is 1. The van der Waals surface area contributed by atoms with Gasteiger partial charge in [0.2, 0.25) is 11.9 Å². The largest absolute Gasteiger partial charge is 0.352 e. The van der Waals surface area contributed by atoms with Crippen molar-refractivity contribution >= 4 is 51.2 Å². The lowest BCUT2D eigenvalue weighted by molar-refractivity contribution is -0.126. The number of nitrogens with zero attached hydrogens (tertiary/aromatic N) is 6. The van der Waals surface area contributed by atoms with Gasteiger partial charge in [-0.2, -0.15) is 4.98 Å². The first-order valence-corrected chi connectivity index (χ1v) is 14.3. The Labute approximate surface area is 236 Å². The summed E-state index contributed by atoms with van der Waals surface area (Å²) in [7, 11) is 0. The van der Waals surface area contributed by atoms with Crippen molar-refractivity contribution in [1.29, 1.82) is 0 Å². The number of aromatic amines is 1. The molecule has 10 heteroatoms. The van der Waals surface area contributed by atoms with Crippen LogP contribution in [0.3, 0.4) is 0 Å². The minimum Gasteiger partial charge on any atom is -0.352 e. The van der Waals surface area contributed by atoms with E-state index in [0.717, 1.165) is 24.2 Å². The van der Waals surface area contributed by atoms with E-state index in [1.807, 2.05) is 19.1 Å². The number of H-pyrrole nitrogens is 1. The molecule has 0 unspecified atom stereocenters. The predicted molar refractivity (Wildman–Crippen MR) is 156 cm³/mol. The summed E-state index contributed by atoms with van der Waals surface area (Å²) in [5.74, 6) is 0.645. The number of halogens is 2. The second kappa shape index (κ2) is 9.44. The molecule has 1 N–H and O–H groups in total. The Morgan fingerprint density at radius 3 is 2.55 bits per heavy atom. The third-order valence-corrected chi connectivity index (χ3v) is 9.26. The molecule has 2 aliphatic heterocycles. The summed E-state index contributed by atoms with van der Waals surface area (Å²) < 4.78 is 16.7. The molecule has 2 aromatic heterocycles. The number of piperazine rings is 1. The van der Waals surface area contributed by atoms with Crippen LogP contribution < -0.4 is 9.80 Å². The summed E-state index contributed by atoms with van der Waals surface area (Å²) in [5.41, 5.74) is 3.92. The van der Waals surface area contributed by atoms with E-state index in [2.05, 4.69) is 26.3 Å². The number of aromatic nitrogens is 4.